The third kappa shape index (κ3) is 4.94. The Bertz CT molecular complexity index is 292. The summed E-state index contributed by atoms with van der Waals surface area (Å²) in [6.45, 7) is 9.11. The maximum absolute atomic E-state index is 11.9. The largest absolute Gasteiger partial charge is 0.480 e. The van der Waals surface area contributed by atoms with Crippen LogP contribution in [0.2, 0.25) is 0 Å². The number of aliphatic carboxylic acids is 1. The van der Waals surface area contributed by atoms with Crippen molar-refractivity contribution in [3.8, 4) is 0 Å². The number of carbonyl (C=O) groups excluding carboxylic acids is 1. The number of rotatable bonds is 5. The molecule has 0 aliphatic carbocycles. The molecule has 0 rings (SSSR count). The highest BCUT2D eigenvalue weighted by atomic mass is 16.6. The van der Waals surface area contributed by atoms with Crippen LogP contribution in [0.1, 0.15) is 47.5 Å². The van der Waals surface area contributed by atoms with Gasteiger partial charge in [-0.3, -0.25) is 4.90 Å². The van der Waals surface area contributed by atoms with E-state index in [4.69, 9.17) is 4.74 Å². The zero-order valence-electron chi connectivity index (χ0n) is 12.2. The van der Waals surface area contributed by atoms with Crippen molar-refractivity contribution in [1.82, 2.24) is 4.90 Å². The van der Waals surface area contributed by atoms with Crippen molar-refractivity contribution in [3.05, 3.63) is 0 Å². The Labute approximate surface area is 109 Å². The van der Waals surface area contributed by atoms with Crippen LogP contribution in [0, 0.1) is 5.92 Å². The lowest BCUT2D eigenvalue weighted by Gasteiger charge is -2.32. The second-order valence-corrected chi connectivity index (χ2v) is 5.45. The van der Waals surface area contributed by atoms with Crippen molar-refractivity contribution in [2.45, 2.75) is 59.1 Å². The van der Waals surface area contributed by atoms with E-state index in [2.05, 4.69) is 0 Å². The molecule has 0 radical (unpaired) electrons. The molecule has 0 aliphatic heterocycles. The number of nitrogens with zero attached hydrogens (tertiary/aromatic N) is 1. The van der Waals surface area contributed by atoms with E-state index in [1.54, 1.807) is 20.8 Å². The van der Waals surface area contributed by atoms with Gasteiger partial charge in [-0.15, -0.1) is 0 Å². The average molecular weight is 259 g/mol. The summed E-state index contributed by atoms with van der Waals surface area (Å²) in [6.07, 6.45) is 0.822. The molecule has 0 aromatic carbocycles. The first-order valence-electron chi connectivity index (χ1n) is 6.32. The van der Waals surface area contributed by atoms with E-state index in [1.165, 1.54) is 11.9 Å². The SMILES string of the molecule is CCC(CC)C(C(=O)O)N(C)C(=O)OC(C)(C)C. The maximum Gasteiger partial charge on any atom is 0.410 e. The van der Waals surface area contributed by atoms with Gasteiger partial charge in [0.1, 0.15) is 11.6 Å². The van der Waals surface area contributed by atoms with E-state index in [-0.39, 0.29) is 5.92 Å². The van der Waals surface area contributed by atoms with E-state index in [0.29, 0.717) is 12.8 Å². The van der Waals surface area contributed by atoms with Gasteiger partial charge >= 0.3 is 12.1 Å². The Hall–Kier alpha value is -1.26. The van der Waals surface area contributed by atoms with E-state index in [9.17, 15) is 14.7 Å². The zero-order valence-corrected chi connectivity index (χ0v) is 12.2. The van der Waals surface area contributed by atoms with Crippen molar-refractivity contribution < 1.29 is 19.4 Å². The zero-order chi connectivity index (χ0) is 14.5. The lowest BCUT2D eigenvalue weighted by Crippen LogP contribution is -2.48. The number of carboxylic acids is 1. The number of ether oxygens (including phenoxy) is 1. The summed E-state index contributed by atoms with van der Waals surface area (Å²) in [6, 6.07) is -0.838. The van der Waals surface area contributed by atoms with Gasteiger partial charge in [0.05, 0.1) is 0 Å². The molecule has 0 fully saturated rings. The van der Waals surface area contributed by atoms with Crippen LogP contribution in [-0.4, -0.2) is 40.8 Å². The molecule has 0 bridgehead atoms. The topological polar surface area (TPSA) is 66.8 Å². The molecule has 1 atom stereocenters. The highest BCUT2D eigenvalue weighted by Crippen LogP contribution is 2.20. The van der Waals surface area contributed by atoms with Gasteiger partial charge in [-0.1, -0.05) is 26.7 Å². The van der Waals surface area contributed by atoms with Crippen molar-refractivity contribution in [1.29, 1.82) is 0 Å². The molecule has 0 saturated carbocycles. The first kappa shape index (κ1) is 16.7. The summed E-state index contributed by atoms with van der Waals surface area (Å²) >= 11 is 0. The maximum atomic E-state index is 11.9. The summed E-state index contributed by atoms with van der Waals surface area (Å²) in [5.41, 5.74) is -0.623. The van der Waals surface area contributed by atoms with E-state index in [1.807, 2.05) is 13.8 Å². The van der Waals surface area contributed by atoms with Gasteiger partial charge in [-0.05, 0) is 26.7 Å². The van der Waals surface area contributed by atoms with E-state index < -0.39 is 23.7 Å². The second kappa shape index (κ2) is 6.61. The van der Waals surface area contributed by atoms with Crippen LogP contribution in [0.5, 0.6) is 0 Å². The van der Waals surface area contributed by atoms with Crippen molar-refractivity contribution in [2.75, 3.05) is 7.05 Å². The Morgan fingerprint density at radius 1 is 1.22 bits per heavy atom. The van der Waals surface area contributed by atoms with Crippen LogP contribution in [0.3, 0.4) is 0 Å². The van der Waals surface area contributed by atoms with Gasteiger partial charge in [0.15, 0.2) is 0 Å². The Morgan fingerprint density at radius 2 is 1.67 bits per heavy atom. The molecule has 18 heavy (non-hydrogen) atoms. The minimum atomic E-state index is -0.989. The van der Waals surface area contributed by atoms with Crippen LogP contribution >= 0.6 is 0 Å². The van der Waals surface area contributed by atoms with Gasteiger partial charge < -0.3 is 9.84 Å². The van der Waals surface area contributed by atoms with Crippen LogP contribution in [-0.2, 0) is 9.53 Å². The first-order chi connectivity index (χ1) is 8.14. The number of hydrogen-bond donors (Lipinski definition) is 1. The highest BCUT2D eigenvalue weighted by Gasteiger charge is 2.34. The lowest BCUT2D eigenvalue weighted by molar-refractivity contribution is -0.144. The quantitative estimate of drug-likeness (QED) is 0.824. The molecule has 0 heterocycles. The predicted molar refractivity (Wildman–Crippen MR) is 69.5 cm³/mol. The van der Waals surface area contributed by atoms with E-state index in [0.717, 1.165) is 0 Å². The predicted octanol–water partition coefficient (Wildman–Crippen LogP) is 2.74. The summed E-state index contributed by atoms with van der Waals surface area (Å²) in [4.78, 5) is 24.4. The summed E-state index contributed by atoms with van der Waals surface area (Å²) in [7, 11) is 1.48. The first-order valence-corrected chi connectivity index (χ1v) is 6.32. The Kier molecular flexibility index (Phi) is 6.15. The van der Waals surface area contributed by atoms with Gasteiger partial charge in [0.25, 0.3) is 0 Å². The van der Waals surface area contributed by atoms with E-state index >= 15 is 0 Å². The monoisotopic (exact) mass is 259 g/mol. The minimum absolute atomic E-state index is 0.0694. The standard InChI is InChI=1S/C13H25NO4/c1-7-9(8-2)10(11(15)16)14(6)12(17)18-13(3,4)5/h9-10H,7-8H2,1-6H3,(H,15,16). The number of carboxylic acid groups (broad SMARTS) is 1. The molecule has 5 heteroatoms. The molecule has 1 unspecified atom stereocenters. The fourth-order valence-electron chi connectivity index (χ4n) is 1.87. The number of amides is 1. The molecular weight excluding hydrogens is 234 g/mol. The van der Waals surface area contributed by atoms with Crippen molar-refractivity contribution >= 4 is 12.1 Å². The van der Waals surface area contributed by atoms with Crippen molar-refractivity contribution in [3.63, 3.8) is 0 Å². The molecule has 1 amide bonds. The summed E-state index contributed by atoms with van der Waals surface area (Å²) in [5, 5.41) is 9.27. The number of likely N-dealkylation sites (N-methyl/N-ethyl adjacent to an activating group) is 1. The van der Waals surface area contributed by atoms with Gasteiger partial charge in [0, 0.05) is 7.05 Å². The highest BCUT2D eigenvalue weighted by molar-refractivity contribution is 5.80. The molecule has 0 spiro atoms. The van der Waals surface area contributed by atoms with Crippen LogP contribution in [0.25, 0.3) is 0 Å². The Balaban J connectivity index is 4.92. The van der Waals surface area contributed by atoms with Gasteiger partial charge in [-0.25, -0.2) is 9.59 Å². The molecule has 0 aliphatic rings. The van der Waals surface area contributed by atoms with Gasteiger partial charge in [-0.2, -0.15) is 0 Å². The smallest absolute Gasteiger partial charge is 0.410 e. The van der Waals surface area contributed by atoms with Crippen molar-refractivity contribution in [2.24, 2.45) is 5.92 Å². The number of carbonyl (C=O) groups is 2. The number of hydrogen-bond acceptors (Lipinski definition) is 3. The molecule has 0 aromatic rings. The van der Waals surface area contributed by atoms with Crippen LogP contribution in [0.4, 0.5) is 4.79 Å². The Morgan fingerprint density at radius 3 is 1.94 bits per heavy atom. The van der Waals surface area contributed by atoms with Crippen LogP contribution in [0.15, 0.2) is 0 Å². The fourth-order valence-corrected chi connectivity index (χ4v) is 1.87. The van der Waals surface area contributed by atoms with Gasteiger partial charge in [0.2, 0.25) is 0 Å². The molecule has 0 aromatic heterocycles. The normalized spacial score (nSPS) is 13.3. The lowest BCUT2D eigenvalue weighted by atomic mass is 9.93. The molecule has 5 nitrogen and oxygen atoms in total. The third-order valence-corrected chi connectivity index (χ3v) is 2.85. The molecule has 0 saturated heterocycles. The van der Waals surface area contributed by atoms with Crippen LogP contribution < -0.4 is 0 Å². The summed E-state index contributed by atoms with van der Waals surface area (Å²) < 4.78 is 5.19. The minimum Gasteiger partial charge on any atom is -0.480 e. The average Bonchev–Trinajstić information content (AvgIpc) is 2.21. The molecular formula is C13H25NO4. The summed E-state index contributed by atoms with van der Waals surface area (Å²) in [5.74, 6) is -1.06. The third-order valence-electron chi connectivity index (χ3n) is 2.85. The fraction of sp³-hybridized carbons (Fsp3) is 0.846. The molecule has 106 valence electrons. The molecule has 1 N–H and O–H groups in total. The second-order valence-electron chi connectivity index (χ2n) is 5.45.